The smallest absolute Gasteiger partial charge is 0.187 e. The van der Waals surface area contributed by atoms with Crippen LogP contribution in [0.5, 0.6) is 0 Å². The van der Waals surface area contributed by atoms with Crippen LogP contribution < -0.4 is 0 Å². The first-order chi connectivity index (χ1) is 34.6. The van der Waals surface area contributed by atoms with E-state index in [1.165, 1.54) is 71.1 Å². The van der Waals surface area contributed by atoms with Gasteiger partial charge in [0.05, 0.1) is 52.4 Å². The van der Waals surface area contributed by atoms with Crippen molar-refractivity contribution in [3.8, 4) is 0 Å². The standard InChI is InChI=1S/C50H92O22/c1-29(56)33(23-52)67-46(32(57)22-51)71-44-35(25-54)69-47(42(63)39(44)60)65-27-50(20-12-4-10-18-30-14-6-2-7-15-30,21-13-5-11-19-31-16-8-3-9-17-31)28-66-48-43(64)40(61)45(36(26-55)70-48)72-49-41(62)38(59)37(58)34(24-53)68-49/h29-49,51-64H,2-28H2,1H3/t29-,32-,33?,34?,35?,36?,37+,38-,39?,40+,41?,42-,43?,44+,45+,46+,47+,48+,49-/m0/s1. The molecule has 3 heterocycles. The molecule has 0 spiro atoms. The molecule has 2 saturated carbocycles. The van der Waals surface area contributed by atoms with E-state index < -0.39 is 155 Å². The Labute approximate surface area is 424 Å². The highest BCUT2D eigenvalue weighted by Gasteiger charge is 2.52. The first-order valence-corrected chi connectivity index (χ1v) is 26.9. The summed E-state index contributed by atoms with van der Waals surface area (Å²) in [4.78, 5) is 0. The van der Waals surface area contributed by atoms with Crippen molar-refractivity contribution < 1.29 is 109 Å². The van der Waals surface area contributed by atoms with Gasteiger partial charge in [-0.15, -0.1) is 0 Å². The van der Waals surface area contributed by atoms with Crippen LogP contribution >= 0.6 is 0 Å². The minimum Gasteiger partial charge on any atom is -0.394 e. The van der Waals surface area contributed by atoms with E-state index in [1.807, 2.05) is 0 Å². The van der Waals surface area contributed by atoms with Gasteiger partial charge in [-0.25, -0.2) is 0 Å². The summed E-state index contributed by atoms with van der Waals surface area (Å²) >= 11 is 0. The Hall–Kier alpha value is -0.880. The number of hydrogen-bond donors (Lipinski definition) is 14. The minimum absolute atomic E-state index is 0.128. The molecule has 0 amide bonds. The van der Waals surface area contributed by atoms with Gasteiger partial charge in [0.1, 0.15) is 85.5 Å². The zero-order valence-electron chi connectivity index (χ0n) is 42.2. The van der Waals surface area contributed by atoms with Crippen LogP contribution in [0.25, 0.3) is 0 Å². The second-order valence-electron chi connectivity index (χ2n) is 21.4. The molecule has 3 saturated heterocycles. The summed E-state index contributed by atoms with van der Waals surface area (Å²) in [6, 6.07) is 0. The molecule has 5 aliphatic rings. The molecule has 5 rings (SSSR count). The normalized spacial score (nSPS) is 36.3. The van der Waals surface area contributed by atoms with Gasteiger partial charge in [-0.3, -0.25) is 0 Å². The average Bonchev–Trinajstić information content (AvgIpc) is 3.39. The lowest BCUT2D eigenvalue weighted by Gasteiger charge is -2.47. The predicted molar refractivity (Wildman–Crippen MR) is 253 cm³/mol. The number of hydrogen-bond acceptors (Lipinski definition) is 22. The van der Waals surface area contributed by atoms with Crippen molar-refractivity contribution in [2.24, 2.45) is 17.3 Å². The molecule has 19 atom stereocenters. The van der Waals surface area contributed by atoms with Gasteiger partial charge in [0.2, 0.25) is 0 Å². The van der Waals surface area contributed by atoms with E-state index in [-0.39, 0.29) is 13.2 Å². The van der Waals surface area contributed by atoms with Crippen LogP contribution in [0.3, 0.4) is 0 Å². The van der Waals surface area contributed by atoms with Crippen molar-refractivity contribution in [1.82, 2.24) is 0 Å². The third kappa shape index (κ3) is 17.6. The maximum atomic E-state index is 11.5. The third-order valence-electron chi connectivity index (χ3n) is 15.8. The van der Waals surface area contributed by atoms with Crippen molar-refractivity contribution >= 4 is 0 Å². The summed E-state index contributed by atoms with van der Waals surface area (Å²) in [5.41, 5.74) is -0.872. The Balaban J connectivity index is 1.35. The first kappa shape index (κ1) is 62.0. The van der Waals surface area contributed by atoms with Crippen LogP contribution in [-0.2, 0) is 37.9 Å². The average molecular weight is 1050 g/mol. The van der Waals surface area contributed by atoms with Crippen LogP contribution in [0.15, 0.2) is 0 Å². The molecule has 424 valence electrons. The van der Waals surface area contributed by atoms with Crippen molar-refractivity contribution in [3.05, 3.63) is 0 Å². The van der Waals surface area contributed by atoms with Gasteiger partial charge in [-0.05, 0) is 31.6 Å². The van der Waals surface area contributed by atoms with E-state index in [2.05, 4.69) is 0 Å². The molecule has 0 bridgehead atoms. The number of rotatable bonds is 31. The summed E-state index contributed by atoms with van der Waals surface area (Å²) in [5, 5.41) is 148. The van der Waals surface area contributed by atoms with Gasteiger partial charge in [0.15, 0.2) is 25.2 Å². The quantitative estimate of drug-likeness (QED) is 0.0291. The maximum absolute atomic E-state index is 11.5. The molecule has 14 N–H and O–H groups in total. The summed E-state index contributed by atoms with van der Waals surface area (Å²) in [7, 11) is 0. The predicted octanol–water partition coefficient (Wildman–Crippen LogP) is -1.05. The van der Waals surface area contributed by atoms with E-state index in [0.29, 0.717) is 24.7 Å². The SMILES string of the molecule is C[C@H](O)C(CO)O[C@H](O[C@@H]1C(CO)O[C@@H](OCC(CCCCCC2CCCCC2)(CCCCCC2CCCCC2)CO[C@@H]2OC(CO)[C@@H](O[C@@H]3OC(CO)[C@@H](O)[C@H](O)C3O)[C@H](O)C2O)[C@@H](O)C1O)[C@@H](O)CO. The molecular weight excluding hydrogens is 953 g/mol. The summed E-state index contributed by atoms with van der Waals surface area (Å²) in [6.07, 6.45) is -9.50. The van der Waals surface area contributed by atoms with Crippen LogP contribution in [0, 0.1) is 17.3 Å². The number of aliphatic hydroxyl groups is 14. The zero-order valence-corrected chi connectivity index (χ0v) is 42.2. The zero-order chi connectivity index (χ0) is 52.4. The fourth-order valence-electron chi connectivity index (χ4n) is 11.1. The van der Waals surface area contributed by atoms with Crippen molar-refractivity contribution in [1.29, 1.82) is 0 Å². The topological polar surface area (TPSA) is 357 Å². The Morgan fingerprint density at radius 1 is 0.500 bits per heavy atom. The number of unbranched alkanes of at least 4 members (excludes halogenated alkanes) is 4. The molecule has 0 radical (unpaired) electrons. The Bertz CT molecular complexity index is 1410. The number of ether oxygens (including phenoxy) is 8. The van der Waals surface area contributed by atoms with Gasteiger partial charge < -0.3 is 109 Å². The second kappa shape index (κ2) is 31.5. The molecule has 0 aromatic heterocycles. The van der Waals surface area contributed by atoms with Crippen LogP contribution in [-0.4, -0.2) is 234 Å². The van der Waals surface area contributed by atoms with E-state index in [1.54, 1.807) is 0 Å². The Morgan fingerprint density at radius 2 is 0.958 bits per heavy atom. The monoisotopic (exact) mass is 1040 g/mol. The van der Waals surface area contributed by atoms with Gasteiger partial charge in [-0.2, -0.15) is 0 Å². The Kier molecular flexibility index (Phi) is 27.1. The summed E-state index contributed by atoms with van der Waals surface area (Å²) < 4.78 is 47.5. The second-order valence-corrected chi connectivity index (χ2v) is 21.4. The van der Waals surface area contributed by atoms with E-state index >= 15 is 0 Å². The molecule has 22 nitrogen and oxygen atoms in total. The van der Waals surface area contributed by atoms with Crippen LogP contribution in [0.1, 0.15) is 135 Å². The van der Waals surface area contributed by atoms with Gasteiger partial charge in [-0.1, -0.05) is 116 Å². The highest BCUT2D eigenvalue weighted by molar-refractivity contribution is 4.96. The summed E-state index contributed by atoms with van der Waals surface area (Å²) in [6.45, 7) is -2.77. The fraction of sp³-hybridized carbons (Fsp3) is 1.00. The lowest BCUT2D eigenvalue weighted by Crippen LogP contribution is -2.64. The molecule has 3 aliphatic heterocycles. The molecule has 7 unspecified atom stereocenters. The number of aliphatic hydroxyl groups excluding tert-OH is 14. The molecular formula is C50H92O22. The van der Waals surface area contributed by atoms with Crippen molar-refractivity contribution in [3.63, 3.8) is 0 Å². The van der Waals surface area contributed by atoms with Crippen LogP contribution in [0.4, 0.5) is 0 Å². The van der Waals surface area contributed by atoms with Gasteiger partial charge in [0, 0.05) is 5.41 Å². The van der Waals surface area contributed by atoms with Crippen LogP contribution in [0.2, 0.25) is 0 Å². The van der Waals surface area contributed by atoms with Gasteiger partial charge in [0.25, 0.3) is 0 Å². The van der Waals surface area contributed by atoms with E-state index in [9.17, 15) is 71.5 Å². The largest absolute Gasteiger partial charge is 0.394 e. The highest BCUT2D eigenvalue weighted by Crippen LogP contribution is 2.39. The summed E-state index contributed by atoms with van der Waals surface area (Å²) in [5.74, 6) is 1.38. The first-order valence-electron chi connectivity index (χ1n) is 26.9. The molecule has 0 aromatic carbocycles. The minimum atomic E-state index is -1.84. The maximum Gasteiger partial charge on any atom is 0.187 e. The molecule has 0 aromatic rings. The van der Waals surface area contributed by atoms with Gasteiger partial charge >= 0.3 is 0 Å². The third-order valence-corrected chi connectivity index (χ3v) is 15.8. The molecule has 5 fully saturated rings. The highest BCUT2D eigenvalue weighted by atomic mass is 16.8. The molecule has 2 aliphatic carbocycles. The lowest BCUT2D eigenvalue weighted by molar-refractivity contribution is -0.362. The van der Waals surface area contributed by atoms with Crippen molar-refractivity contribution in [2.75, 3.05) is 46.2 Å². The fourth-order valence-corrected chi connectivity index (χ4v) is 11.1. The van der Waals surface area contributed by atoms with Crippen molar-refractivity contribution in [2.45, 2.75) is 252 Å². The lowest BCUT2D eigenvalue weighted by atomic mass is 9.78. The molecule has 22 heteroatoms. The molecule has 72 heavy (non-hydrogen) atoms. The van der Waals surface area contributed by atoms with E-state index in [0.717, 1.165) is 51.4 Å². The Morgan fingerprint density at radius 3 is 1.42 bits per heavy atom. The van der Waals surface area contributed by atoms with E-state index in [4.69, 9.17) is 37.9 Å².